The van der Waals surface area contributed by atoms with E-state index < -0.39 is 22.7 Å². The maximum absolute atomic E-state index is 12.4. The molecule has 0 fully saturated rings. The summed E-state index contributed by atoms with van der Waals surface area (Å²) in [7, 11) is 0. The Morgan fingerprint density at radius 3 is 2.64 bits per heavy atom. The lowest BCUT2D eigenvalue weighted by Crippen LogP contribution is -2.03. The van der Waals surface area contributed by atoms with Crippen molar-refractivity contribution in [3.63, 3.8) is 0 Å². The van der Waals surface area contributed by atoms with Gasteiger partial charge in [0.25, 0.3) is 6.43 Å². The van der Waals surface area contributed by atoms with E-state index in [-0.39, 0.29) is 10.3 Å². The Balaban J connectivity index is 3.44. The molecule has 0 spiro atoms. The Morgan fingerprint density at radius 2 is 2.21 bits per heavy atom. The summed E-state index contributed by atoms with van der Waals surface area (Å²) in [5.41, 5.74) is 4.42. The van der Waals surface area contributed by atoms with Gasteiger partial charge in [-0.25, -0.2) is 8.78 Å². The van der Waals surface area contributed by atoms with E-state index in [1.807, 2.05) is 0 Å². The summed E-state index contributed by atoms with van der Waals surface area (Å²) in [5.74, 6) is -1.11. The first-order valence-corrected chi connectivity index (χ1v) is 4.11. The van der Waals surface area contributed by atoms with Gasteiger partial charge in [0, 0.05) is 10.5 Å². The van der Waals surface area contributed by atoms with Gasteiger partial charge < -0.3 is 15.8 Å². The van der Waals surface area contributed by atoms with Gasteiger partial charge in [-0.1, -0.05) is 0 Å². The Morgan fingerprint density at radius 1 is 1.64 bits per heavy atom. The third-order valence-corrected chi connectivity index (χ3v) is 2.06. The molecule has 0 aliphatic carbocycles. The van der Waals surface area contributed by atoms with Crippen molar-refractivity contribution < 1.29 is 13.7 Å². The van der Waals surface area contributed by atoms with Crippen molar-refractivity contribution >= 4 is 27.6 Å². The zero-order valence-corrected chi connectivity index (χ0v) is 8.16. The fourth-order valence-electron chi connectivity index (χ4n) is 0.870. The van der Waals surface area contributed by atoms with Crippen LogP contribution in [0.2, 0.25) is 0 Å². The number of pyridine rings is 1. The minimum absolute atomic E-state index is 0.119. The quantitative estimate of drug-likeness (QED) is 0.658. The van der Waals surface area contributed by atoms with Crippen LogP contribution in [0.25, 0.3) is 0 Å². The van der Waals surface area contributed by atoms with Crippen LogP contribution in [0.15, 0.2) is 10.5 Å². The molecule has 1 rings (SSSR count). The molecule has 5 nitrogen and oxygen atoms in total. The average Bonchev–Trinajstić information content (AvgIpc) is 2.01. The van der Waals surface area contributed by atoms with Gasteiger partial charge >= 0.3 is 5.82 Å². The van der Waals surface area contributed by atoms with E-state index in [4.69, 9.17) is 5.73 Å². The zero-order chi connectivity index (χ0) is 10.9. The van der Waals surface area contributed by atoms with Crippen molar-refractivity contribution in [2.24, 2.45) is 0 Å². The Kier molecular flexibility index (Phi) is 2.94. The van der Waals surface area contributed by atoms with Crippen LogP contribution in [0.1, 0.15) is 12.0 Å². The van der Waals surface area contributed by atoms with Crippen LogP contribution in [-0.4, -0.2) is 9.91 Å². The Labute approximate surface area is 85.2 Å². The highest BCUT2D eigenvalue weighted by atomic mass is 79.9. The van der Waals surface area contributed by atoms with Gasteiger partial charge in [-0.15, -0.1) is 0 Å². The number of alkyl halides is 2. The highest BCUT2D eigenvalue weighted by molar-refractivity contribution is 9.10. The maximum atomic E-state index is 12.4. The first-order valence-electron chi connectivity index (χ1n) is 3.32. The van der Waals surface area contributed by atoms with Crippen molar-refractivity contribution in [3.05, 3.63) is 26.2 Å². The van der Waals surface area contributed by atoms with Gasteiger partial charge in [-0.05, 0) is 25.8 Å². The SMILES string of the molecule is Nc1cc(Br)c(C(F)F)c([N+](=O)[O-])n1. The largest absolute Gasteiger partial charge is 0.375 e. The third-order valence-electron chi connectivity index (χ3n) is 1.40. The van der Waals surface area contributed by atoms with Crippen LogP contribution < -0.4 is 5.73 Å². The molecule has 1 heterocycles. The second kappa shape index (κ2) is 3.82. The second-order valence-corrected chi connectivity index (χ2v) is 3.18. The molecule has 0 aliphatic rings. The van der Waals surface area contributed by atoms with E-state index in [9.17, 15) is 18.9 Å². The summed E-state index contributed by atoms with van der Waals surface area (Å²) < 4.78 is 24.6. The lowest BCUT2D eigenvalue weighted by atomic mass is 10.2. The van der Waals surface area contributed by atoms with Gasteiger partial charge in [0.2, 0.25) is 5.82 Å². The fraction of sp³-hybridized carbons (Fsp3) is 0.167. The molecule has 76 valence electrons. The van der Waals surface area contributed by atoms with Crippen molar-refractivity contribution in [2.75, 3.05) is 5.73 Å². The number of hydrogen-bond donors (Lipinski definition) is 1. The highest BCUT2D eigenvalue weighted by Gasteiger charge is 2.27. The molecule has 1 aromatic rings. The van der Waals surface area contributed by atoms with Crippen LogP contribution in [0.5, 0.6) is 0 Å². The summed E-state index contributed by atoms with van der Waals surface area (Å²) in [6, 6.07) is 1.09. The predicted octanol–water partition coefficient (Wildman–Crippen LogP) is 2.27. The van der Waals surface area contributed by atoms with Crippen molar-refractivity contribution in [2.45, 2.75) is 6.43 Å². The van der Waals surface area contributed by atoms with E-state index in [0.29, 0.717) is 0 Å². The number of hydrogen-bond acceptors (Lipinski definition) is 4. The maximum Gasteiger partial charge on any atom is 0.375 e. The van der Waals surface area contributed by atoms with Crippen LogP contribution in [0.3, 0.4) is 0 Å². The molecule has 1 aromatic heterocycles. The summed E-state index contributed by atoms with van der Waals surface area (Å²) in [4.78, 5) is 12.6. The Bertz CT molecular complexity index is 386. The summed E-state index contributed by atoms with van der Waals surface area (Å²) in [6.45, 7) is 0. The molecule has 14 heavy (non-hydrogen) atoms. The molecule has 0 unspecified atom stereocenters. The molecule has 0 saturated carbocycles. The van der Waals surface area contributed by atoms with Gasteiger partial charge in [-0.3, -0.25) is 0 Å². The lowest BCUT2D eigenvalue weighted by molar-refractivity contribution is -0.391. The molecule has 0 atom stereocenters. The standard InChI is InChI=1S/C6H4BrF2N3O2/c7-2-1-3(10)11-6(12(13)14)4(2)5(8)9/h1,5H,(H2,10,11). The van der Waals surface area contributed by atoms with Crippen LogP contribution in [0.4, 0.5) is 20.4 Å². The first-order chi connectivity index (χ1) is 6.43. The topological polar surface area (TPSA) is 82.0 Å². The minimum atomic E-state index is -2.97. The van der Waals surface area contributed by atoms with Gasteiger partial charge in [0.1, 0.15) is 5.56 Å². The molecule has 0 aliphatic heterocycles. The van der Waals surface area contributed by atoms with Crippen molar-refractivity contribution in [1.82, 2.24) is 4.98 Å². The molecule has 0 amide bonds. The number of nitro groups is 1. The average molecular weight is 268 g/mol. The summed E-state index contributed by atoms with van der Waals surface area (Å²) in [5, 5.41) is 10.4. The number of anilines is 1. The van der Waals surface area contributed by atoms with E-state index in [2.05, 4.69) is 20.9 Å². The van der Waals surface area contributed by atoms with Crippen LogP contribution >= 0.6 is 15.9 Å². The molecule has 0 aromatic carbocycles. The molecule has 0 radical (unpaired) electrons. The third kappa shape index (κ3) is 1.95. The molecule has 2 N–H and O–H groups in total. The molecular formula is C6H4BrF2N3O2. The molecule has 0 saturated heterocycles. The Hall–Kier alpha value is -1.31. The number of rotatable bonds is 2. The molecule has 8 heteroatoms. The van der Waals surface area contributed by atoms with Crippen LogP contribution in [-0.2, 0) is 0 Å². The molecular weight excluding hydrogens is 264 g/mol. The van der Waals surface area contributed by atoms with E-state index in [1.54, 1.807) is 0 Å². The number of halogens is 3. The first kappa shape index (κ1) is 10.8. The van der Waals surface area contributed by atoms with Gasteiger partial charge in [-0.2, -0.15) is 0 Å². The second-order valence-electron chi connectivity index (χ2n) is 2.32. The summed E-state index contributed by atoms with van der Waals surface area (Å²) >= 11 is 2.76. The van der Waals surface area contributed by atoms with E-state index in [0.717, 1.165) is 6.07 Å². The molecule has 0 bridgehead atoms. The van der Waals surface area contributed by atoms with E-state index in [1.165, 1.54) is 0 Å². The minimum Gasteiger partial charge on any atom is -0.363 e. The van der Waals surface area contributed by atoms with Crippen LogP contribution in [0, 0.1) is 10.1 Å². The van der Waals surface area contributed by atoms with Gasteiger partial charge in [0.05, 0.1) is 0 Å². The zero-order valence-electron chi connectivity index (χ0n) is 6.58. The fourth-order valence-corrected chi connectivity index (χ4v) is 1.46. The number of nitrogen functional groups attached to an aromatic ring is 1. The van der Waals surface area contributed by atoms with Crippen molar-refractivity contribution in [3.8, 4) is 0 Å². The van der Waals surface area contributed by atoms with Crippen molar-refractivity contribution in [1.29, 1.82) is 0 Å². The lowest BCUT2D eigenvalue weighted by Gasteiger charge is -2.03. The highest BCUT2D eigenvalue weighted by Crippen LogP contribution is 2.34. The normalized spacial score (nSPS) is 10.6. The van der Waals surface area contributed by atoms with E-state index >= 15 is 0 Å². The number of nitrogens with zero attached hydrogens (tertiary/aromatic N) is 2. The van der Waals surface area contributed by atoms with Gasteiger partial charge in [0.15, 0.2) is 0 Å². The monoisotopic (exact) mass is 267 g/mol. The number of aromatic nitrogens is 1. The number of nitrogens with two attached hydrogens (primary N) is 1. The smallest absolute Gasteiger partial charge is 0.363 e. The predicted molar refractivity (Wildman–Crippen MR) is 48.0 cm³/mol. The summed E-state index contributed by atoms with van der Waals surface area (Å²) in [6.07, 6.45) is -2.97.